The number of carbonyl (C=O) groups is 1. The first-order valence-electron chi connectivity index (χ1n) is 7.47. The van der Waals surface area contributed by atoms with Crippen molar-refractivity contribution in [2.24, 2.45) is 11.3 Å². The molecule has 2 heteroatoms. The van der Waals surface area contributed by atoms with Crippen molar-refractivity contribution in [1.29, 1.82) is 0 Å². The molecule has 2 rings (SSSR count). The Kier molecular flexibility index (Phi) is 4.47. The van der Waals surface area contributed by atoms with Crippen LogP contribution < -0.4 is 5.32 Å². The van der Waals surface area contributed by atoms with Gasteiger partial charge in [0.2, 0.25) is 5.91 Å². The van der Waals surface area contributed by atoms with Crippen LogP contribution in [0.4, 0.5) is 0 Å². The molecule has 2 aliphatic carbocycles. The molecule has 2 saturated carbocycles. The van der Waals surface area contributed by atoms with Crippen molar-refractivity contribution in [2.75, 3.05) is 6.54 Å². The van der Waals surface area contributed by atoms with Gasteiger partial charge in [0, 0.05) is 12.5 Å². The summed E-state index contributed by atoms with van der Waals surface area (Å²) < 4.78 is 0. The molecular weight excluding hydrogens is 210 g/mol. The van der Waals surface area contributed by atoms with Gasteiger partial charge in [-0.3, -0.25) is 4.79 Å². The normalized spacial score (nSPS) is 25.5. The van der Waals surface area contributed by atoms with Crippen LogP contribution in [0, 0.1) is 11.3 Å². The molecule has 0 spiro atoms. The third kappa shape index (κ3) is 3.72. The third-order valence-corrected chi connectivity index (χ3v) is 4.73. The van der Waals surface area contributed by atoms with Crippen molar-refractivity contribution in [3.8, 4) is 0 Å². The van der Waals surface area contributed by atoms with Crippen molar-refractivity contribution in [3.05, 3.63) is 0 Å². The molecule has 17 heavy (non-hydrogen) atoms. The van der Waals surface area contributed by atoms with E-state index in [0.717, 1.165) is 19.4 Å². The molecule has 0 bridgehead atoms. The minimum atomic E-state index is 0.305. The van der Waals surface area contributed by atoms with Crippen LogP contribution >= 0.6 is 0 Å². The van der Waals surface area contributed by atoms with E-state index in [1.807, 2.05) is 0 Å². The first kappa shape index (κ1) is 12.9. The van der Waals surface area contributed by atoms with Crippen LogP contribution in [-0.2, 0) is 4.79 Å². The van der Waals surface area contributed by atoms with Gasteiger partial charge in [-0.25, -0.2) is 0 Å². The van der Waals surface area contributed by atoms with Crippen molar-refractivity contribution in [2.45, 2.75) is 71.1 Å². The molecule has 0 atom stereocenters. The standard InChI is InChI=1S/C15H27NO/c1-15(10-7-11-15)12-16-14(17)13-8-5-3-2-4-6-9-13/h13H,2-12H2,1H3,(H,16,17). The molecule has 2 fully saturated rings. The van der Waals surface area contributed by atoms with E-state index < -0.39 is 0 Å². The number of amides is 1. The maximum atomic E-state index is 12.1. The quantitative estimate of drug-likeness (QED) is 0.797. The Hall–Kier alpha value is -0.530. The number of hydrogen-bond acceptors (Lipinski definition) is 1. The zero-order valence-corrected chi connectivity index (χ0v) is 11.3. The Morgan fingerprint density at radius 3 is 2.18 bits per heavy atom. The molecule has 0 unspecified atom stereocenters. The summed E-state index contributed by atoms with van der Waals surface area (Å²) >= 11 is 0. The summed E-state index contributed by atoms with van der Waals surface area (Å²) in [7, 11) is 0. The fourth-order valence-electron chi connectivity index (χ4n) is 3.12. The molecule has 0 heterocycles. The van der Waals surface area contributed by atoms with Gasteiger partial charge >= 0.3 is 0 Å². The lowest BCUT2D eigenvalue weighted by atomic mass is 9.70. The van der Waals surface area contributed by atoms with E-state index in [9.17, 15) is 4.79 Å². The van der Waals surface area contributed by atoms with Crippen molar-refractivity contribution in [1.82, 2.24) is 5.32 Å². The molecule has 1 N–H and O–H groups in total. The summed E-state index contributed by atoms with van der Waals surface area (Å²) in [6.45, 7) is 3.21. The fraction of sp³-hybridized carbons (Fsp3) is 0.933. The van der Waals surface area contributed by atoms with Crippen molar-refractivity contribution >= 4 is 5.91 Å². The molecule has 0 aromatic carbocycles. The van der Waals surface area contributed by atoms with Crippen LogP contribution in [0.15, 0.2) is 0 Å². The van der Waals surface area contributed by atoms with Gasteiger partial charge in [-0.2, -0.15) is 0 Å². The monoisotopic (exact) mass is 237 g/mol. The highest BCUT2D eigenvalue weighted by atomic mass is 16.1. The molecule has 1 amide bonds. The molecule has 0 aromatic rings. The van der Waals surface area contributed by atoms with Crippen LogP contribution in [0.3, 0.4) is 0 Å². The average molecular weight is 237 g/mol. The minimum absolute atomic E-state index is 0.305. The highest BCUT2D eigenvalue weighted by Crippen LogP contribution is 2.39. The van der Waals surface area contributed by atoms with E-state index in [1.54, 1.807) is 0 Å². The molecular formula is C15H27NO. The van der Waals surface area contributed by atoms with E-state index in [2.05, 4.69) is 12.2 Å². The molecule has 2 nitrogen and oxygen atoms in total. The Morgan fingerprint density at radius 2 is 1.65 bits per heavy atom. The van der Waals surface area contributed by atoms with Gasteiger partial charge < -0.3 is 5.32 Å². The zero-order chi connectivity index (χ0) is 12.1. The van der Waals surface area contributed by atoms with Crippen LogP contribution in [0.5, 0.6) is 0 Å². The lowest BCUT2D eigenvalue weighted by molar-refractivity contribution is -0.126. The Bertz CT molecular complexity index is 250. The summed E-state index contributed by atoms with van der Waals surface area (Å²) in [5, 5.41) is 3.20. The Morgan fingerprint density at radius 1 is 1.06 bits per heavy atom. The van der Waals surface area contributed by atoms with Crippen LogP contribution in [0.1, 0.15) is 71.1 Å². The van der Waals surface area contributed by atoms with Crippen molar-refractivity contribution < 1.29 is 4.79 Å². The maximum absolute atomic E-state index is 12.1. The van der Waals surface area contributed by atoms with Crippen molar-refractivity contribution in [3.63, 3.8) is 0 Å². The van der Waals surface area contributed by atoms with Gasteiger partial charge in [-0.1, -0.05) is 45.4 Å². The molecule has 0 aliphatic heterocycles. The van der Waals surface area contributed by atoms with E-state index in [0.29, 0.717) is 17.2 Å². The second-order valence-electron chi connectivity index (χ2n) is 6.42. The molecule has 98 valence electrons. The van der Waals surface area contributed by atoms with Gasteiger partial charge in [-0.15, -0.1) is 0 Å². The third-order valence-electron chi connectivity index (χ3n) is 4.73. The number of hydrogen-bond donors (Lipinski definition) is 1. The van der Waals surface area contributed by atoms with Gasteiger partial charge in [0.25, 0.3) is 0 Å². The molecule has 2 aliphatic rings. The predicted octanol–water partition coefficient (Wildman–Crippen LogP) is 3.65. The second kappa shape index (κ2) is 5.88. The first-order valence-corrected chi connectivity index (χ1v) is 7.47. The van der Waals surface area contributed by atoms with Gasteiger partial charge in [0.05, 0.1) is 0 Å². The topological polar surface area (TPSA) is 29.1 Å². The van der Waals surface area contributed by atoms with E-state index >= 15 is 0 Å². The Labute approximate surface area is 106 Å². The molecule has 0 radical (unpaired) electrons. The van der Waals surface area contributed by atoms with Crippen LogP contribution in [0.2, 0.25) is 0 Å². The van der Waals surface area contributed by atoms with E-state index in [4.69, 9.17) is 0 Å². The largest absolute Gasteiger partial charge is 0.355 e. The van der Waals surface area contributed by atoms with Gasteiger partial charge in [-0.05, 0) is 31.1 Å². The highest BCUT2D eigenvalue weighted by molar-refractivity contribution is 5.78. The summed E-state index contributed by atoms with van der Waals surface area (Å²) in [6.07, 6.45) is 12.6. The second-order valence-corrected chi connectivity index (χ2v) is 6.42. The van der Waals surface area contributed by atoms with Gasteiger partial charge in [0.15, 0.2) is 0 Å². The van der Waals surface area contributed by atoms with E-state index in [-0.39, 0.29) is 0 Å². The van der Waals surface area contributed by atoms with Crippen LogP contribution in [0.25, 0.3) is 0 Å². The SMILES string of the molecule is CC1(CNC(=O)C2CCCCCCC2)CCC1. The summed E-state index contributed by atoms with van der Waals surface area (Å²) in [5.41, 5.74) is 0.414. The summed E-state index contributed by atoms with van der Waals surface area (Å²) in [6, 6.07) is 0. The highest BCUT2D eigenvalue weighted by Gasteiger charge is 2.32. The zero-order valence-electron chi connectivity index (χ0n) is 11.3. The summed E-state index contributed by atoms with van der Waals surface area (Å²) in [5.74, 6) is 0.638. The number of nitrogens with one attached hydrogen (secondary N) is 1. The summed E-state index contributed by atoms with van der Waals surface area (Å²) in [4.78, 5) is 12.1. The average Bonchev–Trinajstić information content (AvgIpc) is 2.23. The lowest BCUT2D eigenvalue weighted by Crippen LogP contribution is -2.42. The van der Waals surface area contributed by atoms with Gasteiger partial charge in [0.1, 0.15) is 0 Å². The lowest BCUT2D eigenvalue weighted by Gasteiger charge is -2.38. The fourth-order valence-corrected chi connectivity index (χ4v) is 3.12. The van der Waals surface area contributed by atoms with Crippen LogP contribution in [-0.4, -0.2) is 12.5 Å². The molecule has 0 aromatic heterocycles. The Balaban J connectivity index is 1.73. The number of carbonyl (C=O) groups excluding carboxylic acids is 1. The molecule has 0 saturated heterocycles. The first-order chi connectivity index (χ1) is 8.20. The predicted molar refractivity (Wildman–Crippen MR) is 70.8 cm³/mol. The number of rotatable bonds is 3. The maximum Gasteiger partial charge on any atom is 0.223 e. The van der Waals surface area contributed by atoms with E-state index in [1.165, 1.54) is 51.4 Å². The smallest absolute Gasteiger partial charge is 0.223 e. The minimum Gasteiger partial charge on any atom is -0.355 e.